The van der Waals surface area contributed by atoms with Gasteiger partial charge in [-0.2, -0.15) is 11.3 Å². The Kier molecular flexibility index (Phi) is 3.80. The highest BCUT2D eigenvalue weighted by molar-refractivity contribution is 7.13. The highest BCUT2D eigenvalue weighted by atomic mass is 32.1. The van der Waals surface area contributed by atoms with Crippen LogP contribution in [0.25, 0.3) is 0 Å². The fraction of sp³-hybridized carbons (Fsp3) is 0.471. The molecule has 0 aromatic carbocycles. The van der Waals surface area contributed by atoms with Crippen LogP contribution in [0.2, 0.25) is 0 Å². The second-order valence-electron chi connectivity index (χ2n) is 6.06. The van der Waals surface area contributed by atoms with Crippen molar-refractivity contribution in [3.8, 4) is 0 Å². The molecule has 2 atom stereocenters. The van der Waals surface area contributed by atoms with Crippen LogP contribution in [-0.4, -0.2) is 10.9 Å². The number of carbonyl (C=O) groups is 1. The maximum Gasteiger partial charge on any atom is 0.195 e. The molecule has 0 radical (unpaired) electrons. The molecule has 0 spiro atoms. The summed E-state index contributed by atoms with van der Waals surface area (Å²) in [7, 11) is 0. The van der Waals surface area contributed by atoms with E-state index < -0.39 is 6.10 Å². The molecule has 0 bridgehead atoms. The van der Waals surface area contributed by atoms with Gasteiger partial charge in [-0.1, -0.05) is 27.7 Å². The number of ketones is 1. The fourth-order valence-corrected chi connectivity index (χ4v) is 5.26. The number of fused-ring (bicyclic) bond motifs is 2. The van der Waals surface area contributed by atoms with Gasteiger partial charge in [0.1, 0.15) is 6.10 Å². The molecule has 21 heavy (non-hydrogen) atoms. The van der Waals surface area contributed by atoms with Gasteiger partial charge in [0.2, 0.25) is 0 Å². The van der Waals surface area contributed by atoms with E-state index >= 15 is 0 Å². The van der Waals surface area contributed by atoms with E-state index in [-0.39, 0.29) is 5.78 Å². The van der Waals surface area contributed by atoms with Crippen LogP contribution >= 0.6 is 22.7 Å². The van der Waals surface area contributed by atoms with Crippen LogP contribution in [0, 0.1) is 0 Å². The zero-order valence-electron chi connectivity index (χ0n) is 12.8. The van der Waals surface area contributed by atoms with Crippen LogP contribution in [0.15, 0.2) is 10.8 Å². The van der Waals surface area contributed by atoms with Crippen LogP contribution in [0.5, 0.6) is 0 Å². The topological polar surface area (TPSA) is 37.3 Å². The first-order chi connectivity index (χ1) is 9.97. The minimum Gasteiger partial charge on any atom is -0.384 e. The summed E-state index contributed by atoms with van der Waals surface area (Å²) in [4.78, 5) is 15.2. The van der Waals surface area contributed by atoms with Crippen molar-refractivity contribution in [3.63, 3.8) is 0 Å². The number of rotatable bonds is 3. The molecule has 0 fully saturated rings. The monoisotopic (exact) mass is 320 g/mol. The van der Waals surface area contributed by atoms with Crippen molar-refractivity contribution in [2.75, 3.05) is 0 Å². The molecule has 2 aromatic rings. The second-order valence-corrected chi connectivity index (χ2v) is 7.88. The Morgan fingerprint density at radius 1 is 1.24 bits per heavy atom. The lowest BCUT2D eigenvalue weighted by Gasteiger charge is -2.22. The predicted molar refractivity (Wildman–Crippen MR) is 88.9 cm³/mol. The Morgan fingerprint density at radius 2 is 1.95 bits per heavy atom. The van der Waals surface area contributed by atoms with E-state index in [0.717, 1.165) is 32.9 Å². The number of thiophene rings is 2. The Bertz CT molecular complexity index is 694. The highest BCUT2D eigenvalue weighted by Gasteiger charge is 2.37. The lowest BCUT2D eigenvalue weighted by molar-refractivity contribution is 0.101. The Morgan fingerprint density at radius 3 is 2.57 bits per heavy atom. The first-order valence-electron chi connectivity index (χ1n) is 7.42. The average molecular weight is 320 g/mol. The molecule has 4 heteroatoms. The summed E-state index contributed by atoms with van der Waals surface area (Å²) in [5.41, 5.74) is 3.14. The first-order valence-corrected chi connectivity index (χ1v) is 9.18. The zero-order valence-corrected chi connectivity index (χ0v) is 14.4. The Hall–Kier alpha value is -0.970. The number of aliphatic hydroxyl groups excluding tert-OH is 1. The summed E-state index contributed by atoms with van der Waals surface area (Å²) in [5.74, 6) is 0.779. The molecule has 2 nitrogen and oxygen atoms in total. The van der Waals surface area contributed by atoms with Gasteiger partial charge in [-0.3, -0.25) is 4.79 Å². The molecule has 2 heterocycles. The lowest BCUT2D eigenvalue weighted by atomic mass is 9.82. The molecule has 0 saturated heterocycles. The normalized spacial score (nSPS) is 18.8. The van der Waals surface area contributed by atoms with Gasteiger partial charge in [0, 0.05) is 37.4 Å². The lowest BCUT2D eigenvalue weighted by Crippen LogP contribution is -2.19. The van der Waals surface area contributed by atoms with Crippen LogP contribution in [-0.2, 0) is 0 Å². The molecular weight excluding hydrogens is 300 g/mol. The maximum absolute atomic E-state index is 12.9. The summed E-state index contributed by atoms with van der Waals surface area (Å²) in [6.45, 7) is 8.57. The molecule has 3 rings (SSSR count). The average Bonchev–Trinajstić information content (AvgIpc) is 3.08. The molecule has 1 aliphatic rings. The molecule has 1 aliphatic carbocycles. The molecule has 2 unspecified atom stereocenters. The minimum atomic E-state index is -0.648. The van der Waals surface area contributed by atoms with E-state index in [1.54, 1.807) is 11.3 Å². The smallest absolute Gasteiger partial charge is 0.195 e. The molecule has 0 aliphatic heterocycles. The minimum absolute atomic E-state index is 0.102. The van der Waals surface area contributed by atoms with Crippen LogP contribution in [0.4, 0.5) is 0 Å². The van der Waals surface area contributed by atoms with Crippen molar-refractivity contribution in [3.05, 3.63) is 42.8 Å². The maximum atomic E-state index is 12.9. The van der Waals surface area contributed by atoms with E-state index in [0.29, 0.717) is 17.4 Å². The summed E-state index contributed by atoms with van der Waals surface area (Å²) in [6.07, 6.45) is 0.357. The molecule has 112 valence electrons. The van der Waals surface area contributed by atoms with Crippen molar-refractivity contribution in [1.29, 1.82) is 0 Å². The third-order valence-electron chi connectivity index (χ3n) is 4.32. The largest absolute Gasteiger partial charge is 0.384 e. The summed E-state index contributed by atoms with van der Waals surface area (Å²) in [5, 5.41) is 14.6. The van der Waals surface area contributed by atoms with Crippen molar-refractivity contribution in [2.24, 2.45) is 0 Å². The van der Waals surface area contributed by atoms with E-state index in [4.69, 9.17) is 0 Å². The molecular formula is C17H20O2S2. The Labute approximate surface area is 133 Å². The van der Waals surface area contributed by atoms with Gasteiger partial charge in [-0.25, -0.2) is 0 Å². The van der Waals surface area contributed by atoms with Gasteiger partial charge in [0.05, 0.1) is 0 Å². The van der Waals surface area contributed by atoms with E-state index in [2.05, 4.69) is 27.7 Å². The van der Waals surface area contributed by atoms with Crippen molar-refractivity contribution in [2.45, 2.75) is 52.1 Å². The van der Waals surface area contributed by atoms with Gasteiger partial charge < -0.3 is 5.11 Å². The second kappa shape index (κ2) is 5.34. The van der Waals surface area contributed by atoms with Crippen LogP contribution in [0.3, 0.4) is 0 Å². The first kappa shape index (κ1) is 14.9. The van der Waals surface area contributed by atoms with Gasteiger partial charge in [-0.15, -0.1) is 11.3 Å². The highest BCUT2D eigenvalue weighted by Crippen LogP contribution is 2.48. The third kappa shape index (κ3) is 2.12. The number of hydrogen-bond donors (Lipinski definition) is 1. The van der Waals surface area contributed by atoms with Crippen LogP contribution < -0.4 is 0 Å². The number of hydrogen-bond acceptors (Lipinski definition) is 4. The summed E-state index contributed by atoms with van der Waals surface area (Å²) in [6, 6.07) is 0. The van der Waals surface area contributed by atoms with Crippen molar-refractivity contribution < 1.29 is 9.90 Å². The molecule has 1 N–H and O–H groups in total. The summed E-state index contributed by atoms with van der Waals surface area (Å²) < 4.78 is 0. The number of carbonyl (C=O) groups excluding carboxylic acids is 1. The molecule has 0 amide bonds. The van der Waals surface area contributed by atoms with Crippen molar-refractivity contribution in [1.82, 2.24) is 0 Å². The third-order valence-corrected chi connectivity index (χ3v) is 6.82. The standard InChI is InChI=1S/C17H20O2S2/c1-5-9(4)17-13-12(16(21-17)8(2)3)14(18)10-6-20-7-11(10)15(13)19/h6-9,14,18H,5H2,1-4H3. The SMILES string of the molecule is CCC(C)c1sc(C(C)C)c2c1C(=O)c1cscc1C2O. The van der Waals surface area contributed by atoms with Gasteiger partial charge >= 0.3 is 0 Å². The molecule has 0 saturated carbocycles. The molecule has 2 aromatic heterocycles. The van der Waals surface area contributed by atoms with Gasteiger partial charge in [0.15, 0.2) is 5.78 Å². The number of aliphatic hydroxyl groups is 1. The van der Waals surface area contributed by atoms with Gasteiger partial charge in [0.25, 0.3) is 0 Å². The van der Waals surface area contributed by atoms with Gasteiger partial charge in [-0.05, 0) is 23.6 Å². The van der Waals surface area contributed by atoms with Crippen molar-refractivity contribution >= 4 is 28.5 Å². The van der Waals surface area contributed by atoms with Crippen LogP contribution in [0.1, 0.15) is 88.9 Å². The summed E-state index contributed by atoms with van der Waals surface area (Å²) >= 11 is 3.21. The van der Waals surface area contributed by atoms with E-state index in [1.807, 2.05) is 10.8 Å². The quantitative estimate of drug-likeness (QED) is 0.857. The predicted octanol–water partition coefficient (Wildman–Crippen LogP) is 5.07. The van der Waals surface area contributed by atoms with E-state index in [9.17, 15) is 9.90 Å². The zero-order chi connectivity index (χ0) is 15.3. The Balaban J connectivity index is 2.28. The van der Waals surface area contributed by atoms with E-state index in [1.165, 1.54) is 11.3 Å². The fourth-order valence-electron chi connectivity index (χ4n) is 2.94.